The van der Waals surface area contributed by atoms with Gasteiger partial charge < -0.3 is 14.2 Å². The SMILES string of the molecule is CC/C=C\C/C=C\C/C=C\C/C=C\CCCCCCCCCCCCCCCCCCCCC(=O)OCC(COC(=O)CCCCCCCCCCCC)OC(=O)CCCCCCCCCCCC/C=C\C/C=C\C/C=C\C/C=C\CC. The Kier molecular flexibility index (Phi) is 66.7. The standard InChI is InChI=1S/C76H132O6/c1-4-7-10-13-16-19-22-24-26-28-30-32-34-35-36-37-38-39-40-41-43-44-46-48-50-52-54-57-60-63-66-69-75(78)81-72-73(71-80-74(77)68-65-62-59-56-21-18-15-12-9-6-3)82-76(79)70-67-64-61-58-55-53-51-49-47-45-42-33-31-29-27-25-23-20-17-14-11-8-5-2/h7-8,10-11,16-17,19-20,24-27,30-33,73H,4-6,9,12-15,18,21-23,28-29,34-72H2,1-3H3/b10-7-,11-8-,19-16-,20-17-,26-24-,27-25-,32-30-,33-31-. The Hall–Kier alpha value is -3.67. The lowest BCUT2D eigenvalue weighted by Crippen LogP contribution is -2.30. The van der Waals surface area contributed by atoms with Crippen LogP contribution in [0.3, 0.4) is 0 Å². The van der Waals surface area contributed by atoms with E-state index in [9.17, 15) is 14.4 Å². The van der Waals surface area contributed by atoms with E-state index < -0.39 is 6.10 Å². The van der Waals surface area contributed by atoms with E-state index in [0.29, 0.717) is 19.3 Å². The number of esters is 3. The van der Waals surface area contributed by atoms with Gasteiger partial charge in [0.1, 0.15) is 13.2 Å². The predicted molar refractivity (Wildman–Crippen MR) is 357 cm³/mol. The van der Waals surface area contributed by atoms with E-state index in [1.54, 1.807) is 0 Å². The van der Waals surface area contributed by atoms with Crippen molar-refractivity contribution in [3.05, 3.63) is 97.2 Å². The van der Waals surface area contributed by atoms with E-state index in [1.807, 2.05) is 0 Å². The summed E-state index contributed by atoms with van der Waals surface area (Å²) in [5, 5.41) is 0. The third-order valence-electron chi connectivity index (χ3n) is 15.3. The first-order valence-electron chi connectivity index (χ1n) is 35.2. The lowest BCUT2D eigenvalue weighted by molar-refractivity contribution is -0.167. The monoisotopic (exact) mass is 1140 g/mol. The molecular formula is C76H132O6. The lowest BCUT2D eigenvalue weighted by atomic mass is 10.0. The second-order valence-electron chi connectivity index (χ2n) is 23.4. The van der Waals surface area contributed by atoms with Gasteiger partial charge >= 0.3 is 17.9 Å². The van der Waals surface area contributed by atoms with Crippen molar-refractivity contribution in [1.29, 1.82) is 0 Å². The van der Waals surface area contributed by atoms with Gasteiger partial charge in [-0.25, -0.2) is 0 Å². The minimum Gasteiger partial charge on any atom is -0.462 e. The maximum Gasteiger partial charge on any atom is 0.306 e. The number of ether oxygens (including phenoxy) is 3. The Morgan fingerprint density at radius 1 is 0.256 bits per heavy atom. The van der Waals surface area contributed by atoms with Gasteiger partial charge in [0.05, 0.1) is 0 Å². The van der Waals surface area contributed by atoms with Gasteiger partial charge in [-0.15, -0.1) is 0 Å². The predicted octanol–water partition coefficient (Wildman–Crippen LogP) is 24.4. The Bertz CT molecular complexity index is 1590. The van der Waals surface area contributed by atoms with Gasteiger partial charge in [-0.2, -0.15) is 0 Å². The molecule has 0 fully saturated rings. The smallest absolute Gasteiger partial charge is 0.306 e. The summed E-state index contributed by atoms with van der Waals surface area (Å²) < 4.78 is 17.0. The summed E-state index contributed by atoms with van der Waals surface area (Å²) in [5.41, 5.74) is 0. The highest BCUT2D eigenvalue weighted by atomic mass is 16.6. The van der Waals surface area contributed by atoms with Crippen LogP contribution in [0.2, 0.25) is 0 Å². The number of unbranched alkanes of at least 4 members (excludes halogenated alkanes) is 37. The van der Waals surface area contributed by atoms with Crippen LogP contribution in [0.4, 0.5) is 0 Å². The molecule has 82 heavy (non-hydrogen) atoms. The van der Waals surface area contributed by atoms with Crippen LogP contribution >= 0.6 is 0 Å². The zero-order valence-corrected chi connectivity index (χ0v) is 54.2. The molecule has 0 radical (unpaired) electrons. The quantitative estimate of drug-likeness (QED) is 0.0261. The van der Waals surface area contributed by atoms with Crippen molar-refractivity contribution in [2.75, 3.05) is 13.2 Å². The van der Waals surface area contributed by atoms with Crippen LogP contribution < -0.4 is 0 Å². The molecule has 6 nitrogen and oxygen atoms in total. The molecule has 472 valence electrons. The normalized spacial score (nSPS) is 12.7. The van der Waals surface area contributed by atoms with Gasteiger partial charge in [-0.3, -0.25) is 14.4 Å². The molecule has 0 aliphatic heterocycles. The topological polar surface area (TPSA) is 78.9 Å². The summed E-state index contributed by atoms with van der Waals surface area (Å²) in [6, 6.07) is 0. The second kappa shape index (κ2) is 69.8. The van der Waals surface area contributed by atoms with E-state index in [4.69, 9.17) is 14.2 Å². The molecule has 0 aromatic carbocycles. The number of carbonyl (C=O) groups excluding carboxylic acids is 3. The van der Waals surface area contributed by atoms with Gasteiger partial charge in [-0.1, -0.05) is 330 Å². The van der Waals surface area contributed by atoms with E-state index in [0.717, 1.165) is 109 Å². The molecule has 0 saturated carbocycles. The third-order valence-corrected chi connectivity index (χ3v) is 15.3. The van der Waals surface area contributed by atoms with Crippen LogP contribution in [0, 0.1) is 0 Å². The lowest BCUT2D eigenvalue weighted by Gasteiger charge is -2.18. The van der Waals surface area contributed by atoms with Gasteiger partial charge in [0.15, 0.2) is 6.10 Å². The number of allylic oxidation sites excluding steroid dienone is 16. The minimum atomic E-state index is -0.777. The van der Waals surface area contributed by atoms with Crippen molar-refractivity contribution in [3.8, 4) is 0 Å². The van der Waals surface area contributed by atoms with Crippen molar-refractivity contribution in [2.45, 2.75) is 354 Å². The average Bonchev–Trinajstić information content (AvgIpc) is 3.47. The maximum atomic E-state index is 12.9. The highest BCUT2D eigenvalue weighted by Gasteiger charge is 2.19. The number of carbonyl (C=O) groups is 3. The summed E-state index contributed by atoms with van der Waals surface area (Å²) >= 11 is 0. The van der Waals surface area contributed by atoms with E-state index in [1.165, 1.54) is 199 Å². The van der Waals surface area contributed by atoms with Crippen LogP contribution in [0.5, 0.6) is 0 Å². The fourth-order valence-corrected chi connectivity index (χ4v) is 10.1. The maximum absolute atomic E-state index is 12.9. The van der Waals surface area contributed by atoms with E-state index >= 15 is 0 Å². The Labute approximate surface area is 508 Å². The zero-order chi connectivity index (χ0) is 59.2. The van der Waals surface area contributed by atoms with Crippen molar-refractivity contribution in [3.63, 3.8) is 0 Å². The fraction of sp³-hybridized carbons (Fsp3) is 0.750. The molecule has 0 aliphatic carbocycles. The van der Waals surface area contributed by atoms with Gasteiger partial charge in [0.2, 0.25) is 0 Å². The van der Waals surface area contributed by atoms with Crippen molar-refractivity contribution in [2.24, 2.45) is 0 Å². The Morgan fingerprint density at radius 3 is 0.744 bits per heavy atom. The molecule has 0 N–H and O–H groups in total. The molecular weight excluding hydrogens is 1010 g/mol. The van der Waals surface area contributed by atoms with Gasteiger partial charge in [-0.05, 0) is 96.3 Å². The summed E-state index contributed by atoms with van der Waals surface area (Å²) in [4.78, 5) is 38.3. The van der Waals surface area contributed by atoms with E-state index in [2.05, 4.69) is 118 Å². The summed E-state index contributed by atoms with van der Waals surface area (Å²) in [6.07, 6.45) is 94.5. The molecule has 0 aromatic rings. The van der Waals surface area contributed by atoms with Crippen molar-refractivity contribution < 1.29 is 28.6 Å². The highest BCUT2D eigenvalue weighted by molar-refractivity contribution is 5.71. The molecule has 0 heterocycles. The molecule has 0 rings (SSSR count). The van der Waals surface area contributed by atoms with Gasteiger partial charge in [0.25, 0.3) is 0 Å². The molecule has 0 bridgehead atoms. The summed E-state index contributed by atoms with van der Waals surface area (Å²) in [6.45, 7) is 6.44. The molecule has 0 aliphatic rings. The molecule has 0 aromatic heterocycles. The Morgan fingerprint density at radius 2 is 0.476 bits per heavy atom. The van der Waals surface area contributed by atoms with Crippen LogP contribution in [-0.4, -0.2) is 37.2 Å². The molecule has 0 amide bonds. The van der Waals surface area contributed by atoms with Crippen molar-refractivity contribution >= 4 is 17.9 Å². The first kappa shape index (κ1) is 78.3. The average molecular weight is 1140 g/mol. The molecule has 0 saturated heterocycles. The zero-order valence-electron chi connectivity index (χ0n) is 54.2. The molecule has 0 spiro atoms. The minimum absolute atomic E-state index is 0.0741. The van der Waals surface area contributed by atoms with Crippen LogP contribution in [0.15, 0.2) is 97.2 Å². The molecule has 1 unspecified atom stereocenters. The number of rotatable bonds is 64. The van der Waals surface area contributed by atoms with E-state index in [-0.39, 0.29) is 31.1 Å². The summed E-state index contributed by atoms with van der Waals surface area (Å²) in [5.74, 6) is -0.862. The van der Waals surface area contributed by atoms with Gasteiger partial charge in [0, 0.05) is 19.3 Å². The van der Waals surface area contributed by atoms with Crippen LogP contribution in [0.25, 0.3) is 0 Å². The molecule has 1 atom stereocenters. The second-order valence-corrected chi connectivity index (χ2v) is 23.4. The summed E-state index contributed by atoms with van der Waals surface area (Å²) in [7, 11) is 0. The first-order chi connectivity index (χ1) is 40.5. The Balaban J connectivity index is 4.15. The number of hydrogen-bond acceptors (Lipinski definition) is 6. The largest absolute Gasteiger partial charge is 0.462 e. The van der Waals surface area contributed by atoms with Crippen LogP contribution in [-0.2, 0) is 28.6 Å². The van der Waals surface area contributed by atoms with Crippen LogP contribution in [0.1, 0.15) is 348 Å². The highest BCUT2D eigenvalue weighted by Crippen LogP contribution is 2.18. The number of hydrogen-bond donors (Lipinski definition) is 0. The third kappa shape index (κ3) is 67.1. The fourth-order valence-electron chi connectivity index (χ4n) is 10.1. The van der Waals surface area contributed by atoms with Crippen molar-refractivity contribution in [1.82, 2.24) is 0 Å². The first-order valence-corrected chi connectivity index (χ1v) is 35.2. The molecule has 6 heteroatoms.